The molecular weight excluding hydrogens is 299 g/mol. The van der Waals surface area contributed by atoms with Gasteiger partial charge in [-0.2, -0.15) is 9.97 Å². The van der Waals surface area contributed by atoms with E-state index in [2.05, 4.69) is 30.9 Å². The fourth-order valence-corrected chi connectivity index (χ4v) is 1.99. The number of hydrogen-bond acceptors (Lipinski definition) is 4. The molecule has 94 valence electrons. The zero-order valence-electron chi connectivity index (χ0n) is 9.98. The van der Waals surface area contributed by atoms with Crippen LogP contribution in [-0.4, -0.2) is 15.0 Å². The van der Waals surface area contributed by atoms with Crippen LogP contribution in [0.5, 0.6) is 0 Å². The summed E-state index contributed by atoms with van der Waals surface area (Å²) in [6.07, 6.45) is 0. The van der Waals surface area contributed by atoms with Gasteiger partial charge in [-0.3, -0.25) is 0 Å². The van der Waals surface area contributed by atoms with Crippen molar-refractivity contribution in [3.8, 4) is 11.4 Å². The van der Waals surface area contributed by atoms with Crippen molar-refractivity contribution >= 4 is 21.9 Å². The van der Waals surface area contributed by atoms with E-state index in [4.69, 9.17) is 5.73 Å². The number of rotatable bonds is 2. The molecule has 0 atom stereocenters. The number of nitrogens with zero attached hydrogens (tertiary/aromatic N) is 3. The molecule has 0 aliphatic heterocycles. The smallest absolute Gasteiger partial charge is 0.223 e. The molecule has 4 nitrogen and oxygen atoms in total. The quantitative estimate of drug-likeness (QED) is 0.925. The predicted molar refractivity (Wildman–Crippen MR) is 71.4 cm³/mol. The summed E-state index contributed by atoms with van der Waals surface area (Å²) in [6, 6.07) is 4.33. The second-order valence-corrected chi connectivity index (χ2v) is 5.01. The van der Waals surface area contributed by atoms with Gasteiger partial charge >= 0.3 is 0 Å². The average molecular weight is 311 g/mol. The highest BCUT2D eigenvalue weighted by Crippen LogP contribution is 2.27. The highest BCUT2D eigenvalue weighted by Gasteiger charge is 2.12. The number of aromatic nitrogens is 3. The first-order valence-electron chi connectivity index (χ1n) is 5.44. The molecule has 0 saturated carbocycles. The van der Waals surface area contributed by atoms with Gasteiger partial charge in [-0.1, -0.05) is 13.8 Å². The lowest BCUT2D eigenvalue weighted by atomic mass is 10.2. The highest BCUT2D eigenvalue weighted by molar-refractivity contribution is 9.10. The molecule has 0 aliphatic rings. The molecule has 2 rings (SSSR count). The molecule has 0 saturated heterocycles. The van der Waals surface area contributed by atoms with Gasteiger partial charge in [0.2, 0.25) is 5.95 Å². The van der Waals surface area contributed by atoms with E-state index in [1.807, 2.05) is 13.8 Å². The molecule has 18 heavy (non-hydrogen) atoms. The molecule has 0 aliphatic carbocycles. The van der Waals surface area contributed by atoms with Gasteiger partial charge in [0.25, 0.3) is 0 Å². The minimum atomic E-state index is -0.322. The van der Waals surface area contributed by atoms with Crippen molar-refractivity contribution in [1.29, 1.82) is 0 Å². The molecule has 0 spiro atoms. The van der Waals surface area contributed by atoms with Crippen LogP contribution in [0.3, 0.4) is 0 Å². The summed E-state index contributed by atoms with van der Waals surface area (Å²) in [5, 5.41) is 0. The Morgan fingerprint density at radius 2 is 1.94 bits per heavy atom. The number of nitrogen functional groups attached to an aromatic ring is 1. The van der Waals surface area contributed by atoms with Crippen LogP contribution < -0.4 is 5.73 Å². The lowest BCUT2D eigenvalue weighted by molar-refractivity contribution is 0.627. The Morgan fingerprint density at radius 1 is 1.22 bits per heavy atom. The maximum atomic E-state index is 13.0. The summed E-state index contributed by atoms with van der Waals surface area (Å²) in [7, 11) is 0. The first-order chi connectivity index (χ1) is 8.47. The molecule has 1 aromatic heterocycles. The monoisotopic (exact) mass is 310 g/mol. The standard InChI is InChI=1S/C12H12BrFN4/c1-6(2)10-16-11(18-12(15)17-10)8-4-3-7(14)5-9(8)13/h3-6H,1-2H3,(H2,15,16,17,18). The van der Waals surface area contributed by atoms with E-state index in [1.54, 1.807) is 6.07 Å². The van der Waals surface area contributed by atoms with Crippen molar-refractivity contribution in [2.45, 2.75) is 19.8 Å². The lowest BCUT2D eigenvalue weighted by Crippen LogP contribution is -2.06. The van der Waals surface area contributed by atoms with Crippen molar-refractivity contribution < 1.29 is 4.39 Å². The zero-order chi connectivity index (χ0) is 13.3. The molecule has 0 fully saturated rings. The van der Waals surface area contributed by atoms with Gasteiger partial charge in [-0.05, 0) is 34.1 Å². The van der Waals surface area contributed by atoms with Crippen molar-refractivity contribution in [3.63, 3.8) is 0 Å². The van der Waals surface area contributed by atoms with Gasteiger partial charge in [0.05, 0.1) is 0 Å². The summed E-state index contributed by atoms with van der Waals surface area (Å²) in [6.45, 7) is 3.94. The van der Waals surface area contributed by atoms with E-state index in [0.29, 0.717) is 21.7 Å². The summed E-state index contributed by atoms with van der Waals surface area (Å²) < 4.78 is 13.6. The molecule has 1 aromatic carbocycles. The third-order valence-corrected chi connectivity index (χ3v) is 3.01. The average Bonchev–Trinajstić information content (AvgIpc) is 2.27. The van der Waals surface area contributed by atoms with Crippen molar-refractivity contribution in [3.05, 3.63) is 34.3 Å². The molecule has 1 heterocycles. The van der Waals surface area contributed by atoms with Gasteiger partial charge in [-0.15, -0.1) is 0 Å². The third-order valence-electron chi connectivity index (χ3n) is 2.36. The summed E-state index contributed by atoms with van der Waals surface area (Å²) >= 11 is 3.29. The Balaban J connectivity index is 2.56. The molecule has 0 amide bonds. The normalized spacial score (nSPS) is 10.9. The largest absolute Gasteiger partial charge is 0.368 e. The maximum Gasteiger partial charge on any atom is 0.223 e. The SMILES string of the molecule is CC(C)c1nc(N)nc(-c2ccc(F)cc2Br)n1. The number of benzene rings is 1. The highest BCUT2D eigenvalue weighted by atomic mass is 79.9. The molecule has 0 unspecified atom stereocenters. The van der Waals surface area contributed by atoms with Crippen LogP contribution >= 0.6 is 15.9 Å². The van der Waals surface area contributed by atoms with Gasteiger partial charge in [0.15, 0.2) is 5.82 Å². The Labute approximate surface area is 113 Å². The fraction of sp³-hybridized carbons (Fsp3) is 0.250. The van der Waals surface area contributed by atoms with Crippen LogP contribution in [0.1, 0.15) is 25.6 Å². The minimum absolute atomic E-state index is 0.147. The first-order valence-corrected chi connectivity index (χ1v) is 6.23. The minimum Gasteiger partial charge on any atom is -0.368 e. The Kier molecular flexibility index (Phi) is 3.56. The first kappa shape index (κ1) is 12.9. The Bertz CT molecular complexity index is 586. The Morgan fingerprint density at radius 3 is 2.56 bits per heavy atom. The van der Waals surface area contributed by atoms with E-state index >= 15 is 0 Å². The van der Waals surface area contributed by atoms with Crippen LogP contribution in [-0.2, 0) is 0 Å². The van der Waals surface area contributed by atoms with Crippen LogP contribution in [0.2, 0.25) is 0 Å². The number of anilines is 1. The van der Waals surface area contributed by atoms with Crippen molar-refractivity contribution in [2.24, 2.45) is 0 Å². The fourth-order valence-electron chi connectivity index (χ4n) is 1.46. The van der Waals surface area contributed by atoms with E-state index < -0.39 is 0 Å². The predicted octanol–water partition coefficient (Wildman–Crippen LogP) is 3.15. The van der Waals surface area contributed by atoms with Crippen molar-refractivity contribution in [1.82, 2.24) is 15.0 Å². The lowest BCUT2D eigenvalue weighted by Gasteiger charge is -2.08. The summed E-state index contributed by atoms with van der Waals surface area (Å²) in [5.41, 5.74) is 6.35. The van der Waals surface area contributed by atoms with Gasteiger partial charge in [-0.25, -0.2) is 9.37 Å². The van der Waals surface area contributed by atoms with E-state index in [1.165, 1.54) is 12.1 Å². The van der Waals surface area contributed by atoms with Gasteiger partial charge in [0, 0.05) is 16.0 Å². The van der Waals surface area contributed by atoms with Crippen molar-refractivity contribution in [2.75, 3.05) is 5.73 Å². The van der Waals surface area contributed by atoms with Crippen LogP contribution in [0.4, 0.5) is 10.3 Å². The molecular formula is C12H12BrFN4. The molecule has 6 heteroatoms. The Hall–Kier alpha value is -1.56. The molecule has 2 N–H and O–H groups in total. The molecule has 2 aromatic rings. The molecule has 0 radical (unpaired) electrons. The van der Waals surface area contributed by atoms with Crippen LogP contribution in [0, 0.1) is 5.82 Å². The van der Waals surface area contributed by atoms with E-state index in [0.717, 1.165) is 0 Å². The van der Waals surface area contributed by atoms with Crippen LogP contribution in [0.25, 0.3) is 11.4 Å². The maximum absolute atomic E-state index is 13.0. The second-order valence-electron chi connectivity index (χ2n) is 4.15. The zero-order valence-corrected chi connectivity index (χ0v) is 11.6. The topological polar surface area (TPSA) is 64.7 Å². The number of hydrogen-bond donors (Lipinski definition) is 1. The third kappa shape index (κ3) is 2.64. The van der Waals surface area contributed by atoms with Gasteiger partial charge < -0.3 is 5.73 Å². The number of halogens is 2. The second kappa shape index (κ2) is 4.97. The van der Waals surface area contributed by atoms with E-state index in [9.17, 15) is 4.39 Å². The molecule has 0 bridgehead atoms. The number of nitrogens with two attached hydrogens (primary N) is 1. The van der Waals surface area contributed by atoms with Gasteiger partial charge in [0.1, 0.15) is 11.6 Å². The summed E-state index contributed by atoms with van der Waals surface area (Å²) in [4.78, 5) is 12.5. The van der Waals surface area contributed by atoms with Crippen LogP contribution in [0.15, 0.2) is 22.7 Å². The summed E-state index contributed by atoms with van der Waals surface area (Å²) in [5.74, 6) is 1.05. The van der Waals surface area contributed by atoms with E-state index in [-0.39, 0.29) is 17.7 Å².